The highest BCUT2D eigenvalue weighted by Gasteiger charge is 2.05. The van der Waals surface area contributed by atoms with Gasteiger partial charge in [-0.2, -0.15) is 0 Å². The fourth-order valence-electron chi connectivity index (χ4n) is 0.929. The van der Waals surface area contributed by atoms with Crippen molar-refractivity contribution in [2.45, 2.75) is 0 Å². The number of hydrogen-bond donors (Lipinski definition) is 0. The van der Waals surface area contributed by atoms with Crippen LogP contribution >= 0.6 is 0 Å². The Kier molecular flexibility index (Phi) is 2.84. The maximum absolute atomic E-state index is 12.9. The molecule has 0 saturated carbocycles. The van der Waals surface area contributed by atoms with E-state index in [2.05, 4.69) is 0 Å². The first kappa shape index (κ1) is 9.51. The number of carbonyl (C=O) groups excluding carboxylic acids is 1. The van der Waals surface area contributed by atoms with E-state index in [1.165, 1.54) is 30.2 Å². The fourth-order valence-corrected chi connectivity index (χ4v) is 0.929. The molecule has 0 unspecified atom stereocenters. The lowest BCUT2D eigenvalue weighted by molar-refractivity contribution is -0.107. The number of benzene rings is 1. The molecule has 3 nitrogen and oxygen atoms in total. The van der Waals surface area contributed by atoms with Gasteiger partial charge in [0, 0.05) is 18.8 Å². The molecule has 1 amide bonds. The first-order valence-corrected chi connectivity index (χ1v) is 3.70. The summed E-state index contributed by atoms with van der Waals surface area (Å²) >= 11 is 0. The molecule has 4 heteroatoms. The summed E-state index contributed by atoms with van der Waals surface area (Å²) in [7, 11) is 2.96. The van der Waals surface area contributed by atoms with Crippen molar-refractivity contribution in [1.29, 1.82) is 0 Å². The van der Waals surface area contributed by atoms with Gasteiger partial charge in [-0.1, -0.05) is 0 Å². The standard InChI is InChI=1S/C9H10FNO2/c1-11(6-12)7-3-4-8(10)9(5-7)13-2/h3-6H,1-2H3. The molecule has 0 spiro atoms. The van der Waals surface area contributed by atoms with Gasteiger partial charge in [-0.05, 0) is 12.1 Å². The lowest BCUT2D eigenvalue weighted by Gasteiger charge is -2.11. The van der Waals surface area contributed by atoms with E-state index in [0.29, 0.717) is 12.1 Å². The van der Waals surface area contributed by atoms with Crippen molar-refractivity contribution >= 4 is 12.1 Å². The second-order valence-corrected chi connectivity index (χ2v) is 2.54. The number of methoxy groups -OCH3 is 1. The largest absolute Gasteiger partial charge is 0.494 e. The second kappa shape index (κ2) is 3.89. The SMILES string of the molecule is COc1cc(N(C)C=O)ccc1F. The molecule has 0 N–H and O–H groups in total. The molecule has 0 heterocycles. The topological polar surface area (TPSA) is 29.5 Å². The molecular formula is C9H10FNO2. The van der Waals surface area contributed by atoms with Gasteiger partial charge in [0.05, 0.1) is 7.11 Å². The molecule has 1 aromatic carbocycles. The molecule has 1 rings (SSSR count). The van der Waals surface area contributed by atoms with Crippen molar-refractivity contribution in [1.82, 2.24) is 0 Å². The molecule has 0 fully saturated rings. The lowest BCUT2D eigenvalue weighted by Crippen LogP contribution is -2.13. The van der Waals surface area contributed by atoms with Crippen molar-refractivity contribution in [3.05, 3.63) is 24.0 Å². The zero-order chi connectivity index (χ0) is 9.84. The van der Waals surface area contributed by atoms with Crippen molar-refractivity contribution < 1.29 is 13.9 Å². The average Bonchev–Trinajstić information content (AvgIpc) is 2.17. The Bertz CT molecular complexity index is 314. The number of ether oxygens (including phenoxy) is 1. The Hall–Kier alpha value is -1.58. The molecule has 0 aliphatic rings. The van der Waals surface area contributed by atoms with E-state index in [0.717, 1.165) is 0 Å². The maximum Gasteiger partial charge on any atom is 0.213 e. The summed E-state index contributed by atoms with van der Waals surface area (Å²) in [6, 6.07) is 4.23. The number of anilines is 1. The monoisotopic (exact) mass is 183 g/mol. The molecule has 0 saturated heterocycles. The van der Waals surface area contributed by atoms with Crippen LogP contribution in [-0.4, -0.2) is 20.6 Å². The normalized spacial score (nSPS) is 9.46. The van der Waals surface area contributed by atoms with E-state index < -0.39 is 5.82 Å². The van der Waals surface area contributed by atoms with Crippen LogP contribution in [-0.2, 0) is 4.79 Å². The third-order valence-electron chi connectivity index (χ3n) is 1.70. The highest BCUT2D eigenvalue weighted by Crippen LogP contribution is 2.22. The van der Waals surface area contributed by atoms with Crippen LogP contribution in [0.1, 0.15) is 0 Å². The van der Waals surface area contributed by atoms with Crippen LogP contribution in [0.25, 0.3) is 0 Å². The van der Waals surface area contributed by atoms with Crippen molar-refractivity contribution in [2.24, 2.45) is 0 Å². The maximum atomic E-state index is 12.9. The predicted octanol–water partition coefficient (Wildman–Crippen LogP) is 1.43. The van der Waals surface area contributed by atoms with Crippen molar-refractivity contribution in [3.63, 3.8) is 0 Å². The number of carbonyl (C=O) groups is 1. The Balaban J connectivity index is 3.05. The van der Waals surface area contributed by atoms with Crippen LogP contribution in [0.4, 0.5) is 10.1 Å². The van der Waals surface area contributed by atoms with E-state index in [1.54, 1.807) is 7.05 Å². The molecule has 0 aromatic heterocycles. The van der Waals surface area contributed by atoms with E-state index in [-0.39, 0.29) is 5.75 Å². The average molecular weight is 183 g/mol. The molecule has 0 atom stereocenters. The van der Waals surface area contributed by atoms with E-state index in [1.807, 2.05) is 0 Å². The van der Waals surface area contributed by atoms with Crippen LogP contribution in [0.5, 0.6) is 5.75 Å². The minimum atomic E-state index is -0.439. The molecule has 0 aliphatic carbocycles. The third kappa shape index (κ3) is 1.96. The molecule has 70 valence electrons. The van der Waals surface area contributed by atoms with Crippen molar-refractivity contribution in [3.8, 4) is 5.75 Å². The van der Waals surface area contributed by atoms with E-state index in [9.17, 15) is 9.18 Å². The molecule has 0 radical (unpaired) electrons. The summed E-state index contributed by atoms with van der Waals surface area (Å²) < 4.78 is 17.7. The van der Waals surface area contributed by atoms with Gasteiger partial charge in [-0.25, -0.2) is 4.39 Å². The first-order valence-electron chi connectivity index (χ1n) is 3.70. The summed E-state index contributed by atoms with van der Waals surface area (Å²) in [6.07, 6.45) is 0.646. The van der Waals surface area contributed by atoms with Crippen molar-refractivity contribution in [2.75, 3.05) is 19.1 Å². The summed E-state index contributed by atoms with van der Waals surface area (Å²) in [4.78, 5) is 11.7. The second-order valence-electron chi connectivity index (χ2n) is 2.54. The van der Waals surface area contributed by atoms with Gasteiger partial charge in [0.2, 0.25) is 6.41 Å². The Morgan fingerprint density at radius 1 is 1.54 bits per heavy atom. The first-order chi connectivity index (χ1) is 6.19. The van der Waals surface area contributed by atoms with Gasteiger partial charge in [0.25, 0.3) is 0 Å². The summed E-state index contributed by atoms with van der Waals surface area (Å²) in [5.74, 6) is -0.309. The van der Waals surface area contributed by atoms with Gasteiger partial charge >= 0.3 is 0 Å². The Morgan fingerprint density at radius 2 is 2.23 bits per heavy atom. The molecule has 13 heavy (non-hydrogen) atoms. The van der Waals surface area contributed by atoms with Crippen LogP contribution in [0.15, 0.2) is 18.2 Å². The highest BCUT2D eigenvalue weighted by molar-refractivity contribution is 5.74. The minimum absolute atomic E-state index is 0.131. The highest BCUT2D eigenvalue weighted by atomic mass is 19.1. The quantitative estimate of drug-likeness (QED) is 0.663. The van der Waals surface area contributed by atoms with Crippen LogP contribution in [0.2, 0.25) is 0 Å². The van der Waals surface area contributed by atoms with E-state index in [4.69, 9.17) is 4.74 Å². The summed E-state index contributed by atoms with van der Waals surface area (Å²) in [5.41, 5.74) is 0.591. The summed E-state index contributed by atoms with van der Waals surface area (Å²) in [6.45, 7) is 0. The molecule has 1 aromatic rings. The number of hydrogen-bond acceptors (Lipinski definition) is 2. The molecule has 0 bridgehead atoms. The van der Waals surface area contributed by atoms with Gasteiger partial charge in [0.15, 0.2) is 11.6 Å². The number of nitrogens with zero attached hydrogens (tertiary/aromatic N) is 1. The zero-order valence-corrected chi connectivity index (χ0v) is 7.45. The molecule has 0 aliphatic heterocycles. The zero-order valence-electron chi connectivity index (χ0n) is 7.45. The van der Waals surface area contributed by atoms with Crippen LogP contribution < -0.4 is 9.64 Å². The van der Waals surface area contributed by atoms with Gasteiger partial charge in [-0.15, -0.1) is 0 Å². The van der Waals surface area contributed by atoms with Crippen LogP contribution in [0.3, 0.4) is 0 Å². The molecular weight excluding hydrogens is 173 g/mol. The smallest absolute Gasteiger partial charge is 0.213 e. The van der Waals surface area contributed by atoms with Gasteiger partial charge < -0.3 is 9.64 Å². The number of rotatable bonds is 3. The number of halogens is 1. The van der Waals surface area contributed by atoms with Gasteiger partial charge in [-0.3, -0.25) is 4.79 Å². The fraction of sp³-hybridized carbons (Fsp3) is 0.222. The third-order valence-corrected chi connectivity index (χ3v) is 1.70. The van der Waals surface area contributed by atoms with Gasteiger partial charge in [0.1, 0.15) is 0 Å². The Morgan fingerprint density at radius 3 is 2.77 bits per heavy atom. The van der Waals surface area contributed by atoms with Crippen LogP contribution in [0, 0.1) is 5.82 Å². The lowest BCUT2D eigenvalue weighted by atomic mass is 10.3. The Labute approximate surface area is 75.7 Å². The number of amides is 1. The predicted molar refractivity (Wildman–Crippen MR) is 47.4 cm³/mol. The van der Waals surface area contributed by atoms with E-state index >= 15 is 0 Å². The minimum Gasteiger partial charge on any atom is -0.494 e. The summed E-state index contributed by atoms with van der Waals surface area (Å²) in [5, 5.41) is 0.